The highest BCUT2D eigenvalue weighted by Gasteiger charge is 2.10. The lowest BCUT2D eigenvalue weighted by molar-refractivity contribution is 0.317. The third kappa shape index (κ3) is 3.25. The Labute approximate surface area is 128 Å². The predicted octanol–water partition coefficient (Wildman–Crippen LogP) is 5.32. The molecule has 102 valence electrons. The molecule has 0 radical (unpaired) electrons. The summed E-state index contributed by atoms with van der Waals surface area (Å²) < 4.78 is 5.53. The number of ether oxygens (including phenoxy) is 1. The van der Waals surface area contributed by atoms with Crippen LogP contribution < -0.4 is 4.74 Å². The van der Waals surface area contributed by atoms with Crippen molar-refractivity contribution in [1.29, 1.82) is 5.26 Å². The van der Waals surface area contributed by atoms with Gasteiger partial charge in [0.15, 0.2) is 0 Å². The molecule has 2 rings (SSSR count). The Morgan fingerprint density at radius 1 is 1.10 bits per heavy atom. The minimum absolute atomic E-state index is 0.451. The van der Waals surface area contributed by atoms with E-state index in [1.54, 1.807) is 12.1 Å². The highest BCUT2D eigenvalue weighted by atomic mass is 35.5. The molecule has 0 aromatic heterocycles. The van der Waals surface area contributed by atoms with Gasteiger partial charge in [0.1, 0.15) is 5.75 Å². The second kappa shape index (κ2) is 6.65. The Morgan fingerprint density at radius 2 is 1.70 bits per heavy atom. The number of halogens is 2. The quantitative estimate of drug-likeness (QED) is 0.765. The molecule has 2 nitrogen and oxygen atoms in total. The normalized spacial score (nSPS) is 10.1. The first-order valence-corrected chi connectivity index (χ1v) is 7.03. The molecule has 0 amide bonds. The van der Waals surface area contributed by atoms with E-state index in [1.807, 2.05) is 30.3 Å². The molecule has 0 atom stereocenters. The molecule has 0 aliphatic heterocycles. The van der Waals surface area contributed by atoms with Gasteiger partial charge in [0.25, 0.3) is 0 Å². The first-order chi connectivity index (χ1) is 9.65. The Morgan fingerprint density at radius 3 is 2.20 bits per heavy atom. The summed E-state index contributed by atoms with van der Waals surface area (Å²) in [5.41, 5.74) is 2.08. The van der Waals surface area contributed by atoms with Crippen molar-refractivity contribution in [2.45, 2.75) is 13.3 Å². The van der Waals surface area contributed by atoms with Crippen LogP contribution in [0.2, 0.25) is 10.0 Å². The van der Waals surface area contributed by atoms with Gasteiger partial charge >= 0.3 is 0 Å². The summed E-state index contributed by atoms with van der Waals surface area (Å²) in [5.74, 6) is 0.816. The van der Waals surface area contributed by atoms with Gasteiger partial charge in [-0.3, -0.25) is 0 Å². The molecule has 2 aromatic rings. The van der Waals surface area contributed by atoms with Gasteiger partial charge in [-0.2, -0.15) is 5.26 Å². The fourth-order valence-corrected chi connectivity index (χ4v) is 2.56. The average molecular weight is 306 g/mol. The second-order valence-electron chi connectivity index (χ2n) is 4.30. The smallest absolute Gasteiger partial charge is 0.119 e. The summed E-state index contributed by atoms with van der Waals surface area (Å²) in [6.07, 6.45) is 0.967. The topological polar surface area (TPSA) is 33.0 Å². The van der Waals surface area contributed by atoms with Crippen LogP contribution in [0.25, 0.3) is 11.1 Å². The van der Waals surface area contributed by atoms with Crippen LogP contribution in [0, 0.1) is 11.3 Å². The van der Waals surface area contributed by atoms with Gasteiger partial charge in [-0.05, 0) is 36.2 Å². The first kappa shape index (κ1) is 14.7. The maximum absolute atomic E-state index is 8.88. The molecule has 0 saturated heterocycles. The van der Waals surface area contributed by atoms with Gasteiger partial charge in [-0.25, -0.2) is 0 Å². The molecule has 2 aromatic carbocycles. The molecule has 0 aliphatic rings. The van der Waals surface area contributed by atoms with Gasteiger partial charge in [0.2, 0.25) is 0 Å². The molecule has 0 heterocycles. The Balaban J connectivity index is 2.35. The van der Waals surface area contributed by atoms with Crippen LogP contribution in [0.1, 0.15) is 18.9 Å². The van der Waals surface area contributed by atoms with Crippen LogP contribution in [-0.2, 0) is 0 Å². The third-order valence-corrected chi connectivity index (χ3v) is 3.38. The van der Waals surface area contributed by atoms with E-state index in [0.717, 1.165) is 23.3 Å². The van der Waals surface area contributed by atoms with Crippen LogP contribution in [0.15, 0.2) is 36.4 Å². The number of rotatable bonds is 4. The second-order valence-corrected chi connectivity index (χ2v) is 5.11. The molecule has 4 heteroatoms. The summed E-state index contributed by atoms with van der Waals surface area (Å²) in [5, 5.41) is 9.82. The van der Waals surface area contributed by atoms with Gasteiger partial charge in [-0.15, -0.1) is 0 Å². The van der Waals surface area contributed by atoms with E-state index in [1.165, 1.54) is 0 Å². The lowest BCUT2D eigenvalue weighted by Crippen LogP contribution is -1.94. The highest BCUT2D eigenvalue weighted by molar-refractivity contribution is 6.39. The zero-order valence-electron chi connectivity index (χ0n) is 11.0. The minimum Gasteiger partial charge on any atom is -0.494 e. The van der Waals surface area contributed by atoms with Crippen LogP contribution in [-0.4, -0.2) is 6.61 Å². The van der Waals surface area contributed by atoms with Crippen molar-refractivity contribution >= 4 is 23.2 Å². The van der Waals surface area contributed by atoms with Crippen LogP contribution in [0.5, 0.6) is 5.75 Å². The van der Waals surface area contributed by atoms with Gasteiger partial charge in [0, 0.05) is 5.56 Å². The summed E-state index contributed by atoms with van der Waals surface area (Å²) in [6.45, 7) is 2.75. The van der Waals surface area contributed by atoms with Crippen molar-refractivity contribution in [3.05, 3.63) is 52.0 Å². The summed E-state index contributed by atoms with van der Waals surface area (Å²) in [4.78, 5) is 0. The molecule has 0 unspecified atom stereocenters. The Hall–Kier alpha value is -1.69. The number of benzene rings is 2. The maximum Gasteiger partial charge on any atom is 0.119 e. The summed E-state index contributed by atoms with van der Waals surface area (Å²) in [6, 6.07) is 12.8. The van der Waals surface area contributed by atoms with Gasteiger partial charge < -0.3 is 4.74 Å². The Kier molecular flexibility index (Phi) is 4.89. The third-order valence-electron chi connectivity index (χ3n) is 2.79. The van der Waals surface area contributed by atoms with Crippen LogP contribution in [0.3, 0.4) is 0 Å². The molecule has 0 saturated carbocycles. The fourth-order valence-electron chi connectivity index (χ4n) is 1.85. The standard InChI is InChI=1S/C16H13Cl2NO/c1-2-7-20-13-5-3-12(4-6-13)16-14(17)8-11(10-19)9-15(16)18/h3-6,8-9H,2,7H2,1H3. The maximum atomic E-state index is 8.88. The van der Waals surface area contributed by atoms with E-state index in [4.69, 9.17) is 33.2 Å². The van der Waals surface area contributed by atoms with E-state index in [0.29, 0.717) is 22.2 Å². The van der Waals surface area contributed by atoms with Gasteiger partial charge in [0.05, 0.1) is 28.3 Å². The van der Waals surface area contributed by atoms with Crippen molar-refractivity contribution in [2.24, 2.45) is 0 Å². The zero-order valence-corrected chi connectivity index (χ0v) is 12.5. The lowest BCUT2D eigenvalue weighted by atomic mass is 10.0. The van der Waals surface area contributed by atoms with Crippen LogP contribution >= 0.6 is 23.2 Å². The summed E-state index contributed by atoms with van der Waals surface area (Å²) in [7, 11) is 0. The first-order valence-electron chi connectivity index (χ1n) is 6.28. The highest BCUT2D eigenvalue weighted by Crippen LogP contribution is 2.36. The fraction of sp³-hybridized carbons (Fsp3) is 0.188. The van der Waals surface area contributed by atoms with E-state index < -0.39 is 0 Å². The Bertz CT molecular complexity index is 622. The number of hydrogen-bond donors (Lipinski definition) is 0. The van der Waals surface area contributed by atoms with E-state index in [2.05, 4.69) is 6.92 Å². The number of nitrogens with zero attached hydrogens (tertiary/aromatic N) is 1. The van der Waals surface area contributed by atoms with Crippen LogP contribution in [0.4, 0.5) is 0 Å². The van der Waals surface area contributed by atoms with Crippen molar-refractivity contribution < 1.29 is 4.74 Å². The summed E-state index contributed by atoms with van der Waals surface area (Å²) >= 11 is 12.4. The molecule has 0 bridgehead atoms. The molecule has 20 heavy (non-hydrogen) atoms. The van der Waals surface area contributed by atoms with Gasteiger partial charge in [-0.1, -0.05) is 42.3 Å². The molecule has 0 spiro atoms. The lowest BCUT2D eigenvalue weighted by Gasteiger charge is -2.09. The predicted molar refractivity (Wildman–Crippen MR) is 82.4 cm³/mol. The number of nitriles is 1. The van der Waals surface area contributed by atoms with E-state index >= 15 is 0 Å². The zero-order chi connectivity index (χ0) is 14.5. The van der Waals surface area contributed by atoms with E-state index in [9.17, 15) is 0 Å². The molecule has 0 aliphatic carbocycles. The average Bonchev–Trinajstić information content (AvgIpc) is 2.45. The monoisotopic (exact) mass is 305 g/mol. The number of hydrogen-bond acceptors (Lipinski definition) is 2. The minimum atomic E-state index is 0.451. The molecule has 0 N–H and O–H groups in total. The largest absolute Gasteiger partial charge is 0.494 e. The van der Waals surface area contributed by atoms with Crippen molar-refractivity contribution in [1.82, 2.24) is 0 Å². The van der Waals surface area contributed by atoms with Crippen molar-refractivity contribution in [2.75, 3.05) is 6.61 Å². The van der Waals surface area contributed by atoms with Crippen molar-refractivity contribution in [3.63, 3.8) is 0 Å². The van der Waals surface area contributed by atoms with E-state index in [-0.39, 0.29) is 0 Å². The SMILES string of the molecule is CCCOc1ccc(-c2c(Cl)cc(C#N)cc2Cl)cc1. The molecular weight excluding hydrogens is 293 g/mol. The van der Waals surface area contributed by atoms with Crippen molar-refractivity contribution in [3.8, 4) is 22.9 Å². The molecular formula is C16H13Cl2NO. The molecule has 0 fully saturated rings.